The van der Waals surface area contributed by atoms with E-state index in [9.17, 15) is 4.79 Å². The fourth-order valence-corrected chi connectivity index (χ4v) is 1.75. The molecule has 1 aliphatic rings. The van der Waals surface area contributed by atoms with Gasteiger partial charge in [-0.15, -0.1) is 0 Å². The summed E-state index contributed by atoms with van der Waals surface area (Å²) in [5, 5.41) is 0. The number of esters is 1. The van der Waals surface area contributed by atoms with Crippen molar-refractivity contribution < 1.29 is 14.3 Å². The Hall–Kier alpha value is -1.62. The van der Waals surface area contributed by atoms with E-state index in [1.54, 1.807) is 13.3 Å². The van der Waals surface area contributed by atoms with E-state index in [0.29, 0.717) is 19.6 Å². The van der Waals surface area contributed by atoms with Gasteiger partial charge in [0.1, 0.15) is 5.75 Å². The quantitative estimate of drug-likeness (QED) is 0.844. The van der Waals surface area contributed by atoms with Crippen molar-refractivity contribution >= 4 is 5.97 Å². The Morgan fingerprint density at radius 3 is 2.40 bits per heavy atom. The first-order chi connectivity index (χ1) is 9.60. The number of aryl methyl sites for hydroxylation is 1. The van der Waals surface area contributed by atoms with Crippen LogP contribution in [0.4, 0.5) is 0 Å². The van der Waals surface area contributed by atoms with Crippen LogP contribution in [-0.4, -0.2) is 24.7 Å². The Balaban J connectivity index is 0.000000377. The highest BCUT2D eigenvalue weighted by Gasteiger charge is 2.08. The van der Waals surface area contributed by atoms with Gasteiger partial charge in [-0.2, -0.15) is 0 Å². The molecule has 0 saturated carbocycles. The van der Waals surface area contributed by atoms with E-state index >= 15 is 0 Å². The molecule has 0 spiro atoms. The molecule has 0 amide bonds. The van der Waals surface area contributed by atoms with Crippen molar-refractivity contribution in [2.45, 2.75) is 47.1 Å². The first-order valence-electron chi connectivity index (χ1n) is 6.95. The molecule has 2 rings (SSSR count). The average Bonchev–Trinajstić information content (AvgIpc) is 2.94. The van der Waals surface area contributed by atoms with Crippen molar-refractivity contribution in [1.82, 2.24) is 4.98 Å². The molecule has 0 aromatic carbocycles. The van der Waals surface area contributed by atoms with Crippen LogP contribution in [0.1, 0.15) is 43.5 Å². The van der Waals surface area contributed by atoms with E-state index in [0.717, 1.165) is 29.0 Å². The van der Waals surface area contributed by atoms with Gasteiger partial charge in [0, 0.05) is 30.3 Å². The van der Waals surface area contributed by atoms with Crippen molar-refractivity contribution in [3.63, 3.8) is 0 Å². The van der Waals surface area contributed by atoms with Crippen LogP contribution in [0.5, 0.6) is 5.75 Å². The molecule has 0 aliphatic carbocycles. The number of pyridine rings is 1. The van der Waals surface area contributed by atoms with Crippen molar-refractivity contribution in [3.8, 4) is 5.75 Å². The van der Waals surface area contributed by atoms with E-state index in [2.05, 4.69) is 9.72 Å². The standard InChI is InChI=1S/C9H14N2O.C4H6O2.C2H6/c1-6-5-11-8(4-10)7(2)9(6)12-3;5-4-2-1-3-6-4;1-2/h5H,4,10H2,1-3H3;1-3H2;1-2H3. The minimum Gasteiger partial charge on any atom is -0.496 e. The Morgan fingerprint density at radius 2 is 2.05 bits per heavy atom. The molecule has 0 radical (unpaired) electrons. The molecule has 1 aliphatic heterocycles. The summed E-state index contributed by atoms with van der Waals surface area (Å²) in [6, 6.07) is 0. The predicted octanol–water partition coefficient (Wildman–Crippen LogP) is 2.52. The minimum atomic E-state index is -0.0463. The molecule has 20 heavy (non-hydrogen) atoms. The lowest BCUT2D eigenvalue weighted by Crippen LogP contribution is -2.04. The van der Waals surface area contributed by atoms with Gasteiger partial charge in [0.15, 0.2) is 0 Å². The first-order valence-corrected chi connectivity index (χ1v) is 6.95. The summed E-state index contributed by atoms with van der Waals surface area (Å²) in [4.78, 5) is 14.2. The molecule has 2 N–H and O–H groups in total. The Morgan fingerprint density at radius 1 is 1.40 bits per heavy atom. The number of cyclic esters (lactones) is 1. The average molecular weight is 282 g/mol. The molecule has 5 heteroatoms. The lowest BCUT2D eigenvalue weighted by Gasteiger charge is -2.10. The fraction of sp³-hybridized carbons (Fsp3) is 0.600. The van der Waals surface area contributed by atoms with Gasteiger partial charge in [0.25, 0.3) is 0 Å². The zero-order chi connectivity index (χ0) is 15.5. The van der Waals surface area contributed by atoms with Crippen molar-refractivity contribution in [3.05, 3.63) is 23.0 Å². The van der Waals surface area contributed by atoms with Crippen LogP contribution < -0.4 is 10.5 Å². The Labute approximate surface area is 121 Å². The van der Waals surface area contributed by atoms with Gasteiger partial charge in [-0.1, -0.05) is 13.8 Å². The number of hydrogen-bond donors (Lipinski definition) is 1. The molecule has 0 atom stereocenters. The topological polar surface area (TPSA) is 74.4 Å². The normalized spacial score (nSPS) is 12.6. The summed E-state index contributed by atoms with van der Waals surface area (Å²) < 4.78 is 9.74. The lowest BCUT2D eigenvalue weighted by molar-refractivity contribution is -0.137. The Bertz CT molecular complexity index is 412. The highest BCUT2D eigenvalue weighted by atomic mass is 16.5. The zero-order valence-corrected chi connectivity index (χ0v) is 13.2. The Kier molecular flexibility index (Phi) is 9.38. The highest BCUT2D eigenvalue weighted by molar-refractivity contribution is 5.70. The molecule has 1 saturated heterocycles. The maximum atomic E-state index is 10.0. The maximum absolute atomic E-state index is 10.0. The first kappa shape index (κ1) is 18.4. The third kappa shape index (κ3) is 5.57. The van der Waals surface area contributed by atoms with Crippen LogP contribution in [0.25, 0.3) is 0 Å². The van der Waals surface area contributed by atoms with Gasteiger partial charge >= 0.3 is 5.97 Å². The summed E-state index contributed by atoms with van der Waals surface area (Å²) in [5.74, 6) is 0.848. The van der Waals surface area contributed by atoms with Crippen LogP contribution in [0.3, 0.4) is 0 Å². The summed E-state index contributed by atoms with van der Waals surface area (Å²) in [6.07, 6.45) is 3.33. The maximum Gasteiger partial charge on any atom is 0.305 e. The SMILES string of the molecule is CC.COc1c(C)cnc(CN)c1C.O=C1CCCO1. The highest BCUT2D eigenvalue weighted by Crippen LogP contribution is 2.23. The largest absolute Gasteiger partial charge is 0.496 e. The molecule has 0 bridgehead atoms. The molecular formula is C15H26N2O3. The van der Waals surface area contributed by atoms with Crippen molar-refractivity contribution in [2.75, 3.05) is 13.7 Å². The number of rotatable bonds is 2. The second kappa shape index (κ2) is 10.2. The van der Waals surface area contributed by atoms with E-state index in [4.69, 9.17) is 10.5 Å². The minimum absolute atomic E-state index is 0.0463. The molecule has 0 unspecified atom stereocenters. The summed E-state index contributed by atoms with van der Waals surface area (Å²) in [6.45, 7) is 9.04. The predicted molar refractivity (Wildman–Crippen MR) is 79.7 cm³/mol. The number of carbonyl (C=O) groups excluding carboxylic acids is 1. The molecule has 2 heterocycles. The second-order valence-electron chi connectivity index (χ2n) is 4.07. The molecular weight excluding hydrogens is 256 g/mol. The van der Waals surface area contributed by atoms with E-state index in [1.165, 1.54) is 0 Å². The number of methoxy groups -OCH3 is 1. The fourth-order valence-electron chi connectivity index (χ4n) is 1.75. The molecule has 114 valence electrons. The number of nitrogens with two attached hydrogens (primary N) is 1. The molecule has 1 aromatic rings. The van der Waals surface area contributed by atoms with Gasteiger partial charge in [0.2, 0.25) is 0 Å². The zero-order valence-electron chi connectivity index (χ0n) is 13.2. The van der Waals surface area contributed by atoms with E-state index in [1.807, 2.05) is 27.7 Å². The van der Waals surface area contributed by atoms with Gasteiger partial charge in [-0.05, 0) is 20.3 Å². The molecule has 5 nitrogen and oxygen atoms in total. The third-order valence-electron chi connectivity index (χ3n) is 2.73. The number of aromatic nitrogens is 1. The van der Waals surface area contributed by atoms with Crippen LogP contribution in [0.2, 0.25) is 0 Å². The van der Waals surface area contributed by atoms with Crippen LogP contribution in [0.15, 0.2) is 6.20 Å². The summed E-state index contributed by atoms with van der Waals surface area (Å²) in [5.41, 5.74) is 8.50. The van der Waals surface area contributed by atoms with Crippen LogP contribution >= 0.6 is 0 Å². The van der Waals surface area contributed by atoms with Gasteiger partial charge in [-0.25, -0.2) is 0 Å². The smallest absolute Gasteiger partial charge is 0.305 e. The van der Waals surface area contributed by atoms with Gasteiger partial charge in [0.05, 0.1) is 19.4 Å². The van der Waals surface area contributed by atoms with Crippen molar-refractivity contribution in [2.24, 2.45) is 5.73 Å². The van der Waals surface area contributed by atoms with Crippen LogP contribution in [0, 0.1) is 13.8 Å². The number of hydrogen-bond acceptors (Lipinski definition) is 5. The molecule has 1 aromatic heterocycles. The second-order valence-corrected chi connectivity index (χ2v) is 4.07. The monoisotopic (exact) mass is 282 g/mol. The van der Waals surface area contributed by atoms with Crippen LogP contribution in [-0.2, 0) is 16.1 Å². The van der Waals surface area contributed by atoms with Gasteiger partial charge < -0.3 is 15.2 Å². The molecule has 1 fully saturated rings. The number of carbonyl (C=O) groups is 1. The van der Waals surface area contributed by atoms with Crippen molar-refractivity contribution in [1.29, 1.82) is 0 Å². The van der Waals surface area contributed by atoms with E-state index < -0.39 is 0 Å². The van der Waals surface area contributed by atoms with E-state index in [-0.39, 0.29) is 5.97 Å². The lowest BCUT2D eigenvalue weighted by atomic mass is 10.1. The summed E-state index contributed by atoms with van der Waals surface area (Å²) in [7, 11) is 1.66. The number of ether oxygens (including phenoxy) is 2. The third-order valence-corrected chi connectivity index (χ3v) is 2.73. The number of nitrogens with zero attached hydrogens (tertiary/aromatic N) is 1. The van der Waals surface area contributed by atoms with Gasteiger partial charge in [-0.3, -0.25) is 9.78 Å². The summed E-state index contributed by atoms with van der Waals surface area (Å²) >= 11 is 0.